The predicted octanol–water partition coefficient (Wildman–Crippen LogP) is 2.96. The van der Waals surface area contributed by atoms with E-state index in [2.05, 4.69) is 10.4 Å². The molecule has 2 N–H and O–H groups in total. The van der Waals surface area contributed by atoms with Crippen molar-refractivity contribution in [1.82, 2.24) is 15.1 Å². The van der Waals surface area contributed by atoms with Crippen LogP contribution in [-0.4, -0.2) is 33.4 Å². The number of aliphatic hydroxyl groups is 1. The van der Waals surface area contributed by atoms with Crippen LogP contribution < -0.4 is 5.32 Å². The minimum Gasteiger partial charge on any atom is -0.394 e. The number of nitrogens with one attached hydrogen (secondary N) is 1. The molecule has 5 heteroatoms. The van der Waals surface area contributed by atoms with E-state index in [4.69, 9.17) is 0 Å². The molecular weight excluding hydrogens is 314 g/mol. The largest absolute Gasteiger partial charge is 0.394 e. The number of hydrogen-bond donors (Lipinski definition) is 2. The van der Waals surface area contributed by atoms with Crippen molar-refractivity contribution >= 4 is 5.91 Å². The second-order valence-corrected chi connectivity index (χ2v) is 6.09. The molecule has 128 valence electrons. The van der Waals surface area contributed by atoms with Gasteiger partial charge in [-0.25, -0.2) is 4.68 Å². The van der Waals surface area contributed by atoms with Crippen molar-refractivity contribution in [1.29, 1.82) is 0 Å². The Kier molecular flexibility index (Phi) is 4.95. The van der Waals surface area contributed by atoms with E-state index < -0.39 is 0 Å². The summed E-state index contributed by atoms with van der Waals surface area (Å²) >= 11 is 0. The average molecular weight is 335 g/mol. The first kappa shape index (κ1) is 16.9. The second-order valence-electron chi connectivity index (χ2n) is 6.09. The zero-order valence-corrected chi connectivity index (χ0v) is 14.3. The summed E-state index contributed by atoms with van der Waals surface area (Å²) in [5.74, 6) is -0.251. The highest BCUT2D eigenvalue weighted by molar-refractivity contribution is 6.00. The SMILES string of the molecule is Cc1ccc(-n2cc(C(=O)NC(C)CO)c(-c3ccccc3)n2)cc1. The van der Waals surface area contributed by atoms with E-state index in [1.807, 2.05) is 61.5 Å². The summed E-state index contributed by atoms with van der Waals surface area (Å²) in [6, 6.07) is 17.2. The fourth-order valence-corrected chi connectivity index (χ4v) is 2.53. The van der Waals surface area contributed by atoms with Gasteiger partial charge in [-0.15, -0.1) is 0 Å². The van der Waals surface area contributed by atoms with E-state index in [1.54, 1.807) is 17.8 Å². The van der Waals surface area contributed by atoms with Crippen molar-refractivity contribution in [3.8, 4) is 16.9 Å². The van der Waals surface area contributed by atoms with E-state index in [0.717, 1.165) is 16.8 Å². The first-order valence-electron chi connectivity index (χ1n) is 8.22. The smallest absolute Gasteiger partial charge is 0.255 e. The molecule has 0 aliphatic heterocycles. The Morgan fingerprint density at radius 1 is 1.16 bits per heavy atom. The Hall–Kier alpha value is -2.92. The summed E-state index contributed by atoms with van der Waals surface area (Å²) in [6.07, 6.45) is 1.73. The predicted molar refractivity (Wildman–Crippen MR) is 97.8 cm³/mol. The molecule has 1 amide bonds. The van der Waals surface area contributed by atoms with Gasteiger partial charge in [-0.3, -0.25) is 4.79 Å². The maximum atomic E-state index is 12.6. The van der Waals surface area contributed by atoms with Crippen LogP contribution in [0, 0.1) is 6.92 Å². The van der Waals surface area contributed by atoms with Crippen molar-refractivity contribution < 1.29 is 9.90 Å². The molecule has 0 radical (unpaired) electrons. The Morgan fingerprint density at radius 3 is 2.48 bits per heavy atom. The van der Waals surface area contributed by atoms with Crippen LogP contribution in [0.15, 0.2) is 60.8 Å². The van der Waals surface area contributed by atoms with Crippen LogP contribution in [-0.2, 0) is 0 Å². The number of benzene rings is 2. The van der Waals surface area contributed by atoms with Crippen molar-refractivity contribution in [3.63, 3.8) is 0 Å². The Bertz CT molecular complexity index is 854. The summed E-state index contributed by atoms with van der Waals surface area (Å²) in [4.78, 5) is 12.6. The third-order valence-electron chi connectivity index (χ3n) is 3.96. The van der Waals surface area contributed by atoms with E-state index in [0.29, 0.717) is 11.3 Å². The van der Waals surface area contributed by atoms with Gasteiger partial charge in [-0.1, -0.05) is 48.0 Å². The average Bonchev–Trinajstić information content (AvgIpc) is 3.08. The molecule has 1 aromatic heterocycles. The lowest BCUT2D eigenvalue weighted by Crippen LogP contribution is -2.35. The van der Waals surface area contributed by atoms with Crippen LogP contribution in [0.5, 0.6) is 0 Å². The van der Waals surface area contributed by atoms with Crippen molar-refractivity contribution in [3.05, 3.63) is 71.9 Å². The van der Waals surface area contributed by atoms with Crippen LogP contribution >= 0.6 is 0 Å². The number of carbonyl (C=O) groups is 1. The number of hydrogen-bond acceptors (Lipinski definition) is 3. The van der Waals surface area contributed by atoms with Crippen LogP contribution in [0.2, 0.25) is 0 Å². The lowest BCUT2D eigenvalue weighted by molar-refractivity contribution is 0.0923. The van der Waals surface area contributed by atoms with E-state index in [-0.39, 0.29) is 18.6 Å². The molecule has 3 rings (SSSR count). The van der Waals surface area contributed by atoms with Crippen LogP contribution in [0.1, 0.15) is 22.8 Å². The zero-order valence-electron chi connectivity index (χ0n) is 14.3. The molecular formula is C20H21N3O2. The van der Waals surface area contributed by atoms with Crippen molar-refractivity contribution in [2.75, 3.05) is 6.61 Å². The molecule has 0 bridgehead atoms. The lowest BCUT2D eigenvalue weighted by atomic mass is 10.1. The number of nitrogens with zero attached hydrogens (tertiary/aromatic N) is 2. The minimum atomic E-state index is -0.321. The van der Waals surface area contributed by atoms with E-state index >= 15 is 0 Å². The number of rotatable bonds is 5. The minimum absolute atomic E-state index is 0.113. The number of aromatic nitrogens is 2. The summed E-state index contributed by atoms with van der Waals surface area (Å²) in [5.41, 5.74) is 4.01. The summed E-state index contributed by atoms with van der Waals surface area (Å²) in [6.45, 7) is 3.67. The van der Waals surface area contributed by atoms with Gasteiger partial charge in [0.05, 0.1) is 17.9 Å². The van der Waals surface area contributed by atoms with E-state index in [9.17, 15) is 9.90 Å². The Balaban J connectivity index is 2.05. The third kappa shape index (κ3) is 3.78. The molecule has 0 saturated heterocycles. The highest BCUT2D eigenvalue weighted by atomic mass is 16.3. The highest BCUT2D eigenvalue weighted by Gasteiger charge is 2.19. The van der Waals surface area contributed by atoms with Gasteiger partial charge in [0.15, 0.2) is 0 Å². The molecule has 0 aliphatic rings. The van der Waals surface area contributed by atoms with Gasteiger partial charge < -0.3 is 10.4 Å². The zero-order chi connectivity index (χ0) is 17.8. The molecule has 1 heterocycles. The van der Waals surface area contributed by atoms with Gasteiger partial charge in [0.25, 0.3) is 5.91 Å². The molecule has 0 spiro atoms. The first-order chi connectivity index (χ1) is 12.1. The molecule has 2 aromatic carbocycles. The standard InChI is InChI=1S/C20H21N3O2/c1-14-8-10-17(11-9-14)23-12-18(20(25)21-15(2)13-24)19(22-23)16-6-4-3-5-7-16/h3-12,15,24H,13H2,1-2H3,(H,21,25). The summed E-state index contributed by atoms with van der Waals surface area (Å²) < 4.78 is 1.71. The first-order valence-corrected chi connectivity index (χ1v) is 8.22. The van der Waals surface area contributed by atoms with Gasteiger partial charge in [-0.2, -0.15) is 5.10 Å². The van der Waals surface area contributed by atoms with Gasteiger partial charge >= 0.3 is 0 Å². The lowest BCUT2D eigenvalue weighted by Gasteiger charge is -2.10. The van der Waals surface area contributed by atoms with Gasteiger partial charge in [0.1, 0.15) is 5.69 Å². The monoisotopic (exact) mass is 335 g/mol. The van der Waals surface area contributed by atoms with Crippen molar-refractivity contribution in [2.45, 2.75) is 19.9 Å². The Labute approximate surface area is 146 Å². The molecule has 5 nitrogen and oxygen atoms in total. The number of amides is 1. The van der Waals surface area contributed by atoms with Gasteiger partial charge in [-0.05, 0) is 26.0 Å². The van der Waals surface area contributed by atoms with Crippen LogP contribution in [0.4, 0.5) is 0 Å². The van der Waals surface area contributed by atoms with Gasteiger partial charge in [0.2, 0.25) is 0 Å². The molecule has 0 fully saturated rings. The topological polar surface area (TPSA) is 67.2 Å². The van der Waals surface area contributed by atoms with Crippen LogP contribution in [0.25, 0.3) is 16.9 Å². The number of aliphatic hydroxyl groups excluding tert-OH is 1. The number of aryl methyl sites for hydroxylation is 1. The maximum Gasteiger partial charge on any atom is 0.255 e. The molecule has 0 saturated carbocycles. The molecule has 1 atom stereocenters. The van der Waals surface area contributed by atoms with E-state index in [1.165, 1.54) is 0 Å². The van der Waals surface area contributed by atoms with Crippen molar-refractivity contribution in [2.24, 2.45) is 0 Å². The summed E-state index contributed by atoms with van der Waals surface area (Å²) in [5, 5.41) is 16.6. The molecule has 0 aliphatic carbocycles. The summed E-state index contributed by atoms with van der Waals surface area (Å²) in [7, 11) is 0. The Morgan fingerprint density at radius 2 is 1.84 bits per heavy atom. The quantitative estimate of drug-likeness (QED) is 0.753. The van der Waals surface area contributed by atoms with Crippen LogP contribution in [0.3, 0.4) is 0 Å². The normalized spacial score (nSPS) is 12.0. The maximum absolute atomic E-state index is 12.6. The third-order valence-corrected chi connectivity index (χ3v) is 3.96. The second kappa shape index (κ2) is 7.32. The molecule has 25 heavy (non-hydrogen) atoms. The molecule has 3 aromatic rings. The van der Waals surface area contributed by atoms with Gasteiger partial charge in [0, 0.05) is 17.8 Å². The number of carbonyl (C=O) groups excluding carboxylic acids is 1. The fourth-order valence-electron chi connectivity index (χ4n) is 2.53. The highest BCUT2D eigenvalue weighted by Crippen LogP contribution is 2.24. The fraction of sp³-hybridized carbons (Fsp3) is 0.200. The molecule has 1 unspecified atom stereocenters.